The average molecular weight is 317 g/mol. The van der Waals surface area contributed by atoms with Crippen molar-refractivity contribution >= 4 is 0 Å². The number of methoxy groups -OCH3 is 1. The molecule has 0 amide bonds. The molecule has 4 heteroatoms. The lowest BCUT2D eigenvalue weighted by molar-refractivity contribution is 0.0912. The number of pyridine rings is 1. The van der Waals surface area contributed by atoms with Gasteiger partial charge in [-0.3, -0.25) is 14.8 Å². The zero-order valence-corrected chi connectivity index (χ0v) is 14.9. The molecule has 2 saturated heterocycles. The first kappa shape index (κ1) is 16.9. The third kappa shape index (κ3) is 3.93. The highest BCUT2D eigenvalue weighted by atomic mass is 16.5. The van der Waals surface area contributed by atoms with E-state index in [9.17, 15) is 0 Å². The summed E-state index contributed by atoms with van der Waals surface area (Å²) >= 11 is 0. The number of aromatic nitrogens is 1. The molecule has 23 heavy (non-hydrogen) atoms. The van der Waals surface area contributed by atoms with Crippen LogP contribution in [-0.4, -0.2) is 60.2 Å². The second-order valence-corrected chi connectivity index (χ2v) is 7.68. The number of piperidine rings is 1. The molecule has 0 N–H and O–H groups in total. The molecule has 2 fully saturated rings. The van der Waals surface area contributed by atoms with E-state index in [1.54, 1.807) is 0 Å². The third-order valence-corrected chi connectivity index (χ3v) is 5.71. The molecule has 128 valence electrons. The molecule has 2 aliphatic heterocycles. The molecule has 3 rings (SSSR count). The average Bonchev–Trinajstić information content (AvgIpc) is 2.90. The summed E-state index contributed by atoms with van der Waals surface area (Å²) in [6.07, 6.45) is 5.82. The first-order valence-corrected chi connectivity index (χ1v) is 8.99. The molecule has 0 radical (unpaired) electrons. The third-order valence-electron chi connectivity index (χ3n) is 5.71. The van der Waals surface area contributed by atoms with E-state index in [1.165, 1.54) is 44.6 Å². The summed E-state index contributed by atoms with van der Waals surface area (Å²) in [7, 11) is 1.83. The van der Waals surface area contributed by atoms with Crippen molar-refractivity contribution in [2.75, 3.05) is 33.4 Å². The lowest BCUT2D eigenvalue weighted by Crippen LogP contribution is -2.42. The SMILES string of the molecule is COC[C@H]1CC2(CCN(Cc3ccccn3)CC2)CN1C(C)C. The van der Waals surface area contributed by atoms with Gasteiger partial charge in [0.25, 0.3) is 0 Å². The zero-order chi connectivity index (χ0) is 16.3. The summed E-state index contributed by atoms with van der Waals surface area (Å²) in [5.74, 6) is 0. The van der Waals surface area contributed by atoms with Crippen LogP contribution >= 0.6 is 0 Å². The highest BCUT2D eigenvalue weighted by Gasteiger charge is 2.45. The Kier molecular flexibility index (Phi) is 5.34. The number of likely N-dealkylation sites (tertiary alicyclic amines) is 2. The van der Waals surface area contributed by atoms with Crippen LogP contribution in [0.15, 0.2) is 24.4 Å². The Bertz CT molecular complexity index is 483. The van der Waals surface area contributed by atoms with Crippen molar-refractivity contribution in [3.63, 3.8) is 0 Å². The summed E-state index contributed by atoms with van der Waals surface area (Å²) in [6, 6.07) is 7.42. The molecule has 4 nitrogen and oxygen atoms in total. The van der Waals surface area contributed by atoms with Crippen LogP contribution in [0.4, 0.5) is 0 Å². The summed E-state index contributed by atoms with van der Waals surface area (Å²) in [6.45, 7) is 10.1. The standard InChI is InChI=1S/C19H31N3O/c1-16(2)22-15-19(12-18(22)14-23-3)7-10-21(11-8-19)13-17-6-4-5-9-20-17/h4-6,9,16,18H,7-8,10-15H2,1-3H3/t18-/m1/s1. The van der Waals surface area contributed by atoms with Gasteiger partial charge >= 0.3 is 0 Å². The molecule has 0 unspecified atom stereocenters. The van der Waals surface area contributed by atoms with E-state index in [0.29, 0.717) is 17.5 Å². The predicted octanol–water partition coefficient (Wildman–Crippen LogP) is 2.79. The normalized spacial score (nSPS) is 25.5. The summed E-state index contributed by atoms with van der Waals surface area (Å²) in [5.41, 5.74) is 1.70. The van der Waals surface area contributed by atoms with Gasteiger partial charge in [0.05, 0.1) is 12.3 Å². The summed E-state index contributed by atoms with van der Waals surface area (Å²) in [5, 5.41) is 0. The van der Waals surface area contributed by atoms with E-state index in [0.717, 1.165) is 13.2 Å². The Morgan fingerprint density at radius 3 is 2.70 bits per heavy atom. The minimum atomic E-state index is 0.508. The second-order valence-electron chi connectivity index (χ2n) is 7.68. The lowest BCUT2D eigenvalue weighted by atomic mass is 9.76. The smallest absolute Gasteiger partial charge is 0.0618 e. The van der Waals surface area contributed by atoms with Crippen molar-refractivity contribution in [2.24, 2.45) is 5.41 Å². The Balaban J connectivity index is 1.57. The molecule has 0 bridgehead atoms. The highest BCUT2D eigenvalue weighted by Crippen LogP contribution is 2.44. The maximum Gasteiger partial charge on any atom is 0.0618 e. The van der Waals surface area contributed by atoms with Crippen molar-refractivity contribution < 1.29 is 4.74 Å². The van der Waals surface area contributed by atoms with Crippen LogP contribution < -0.4 is 0 Å². The Hall–Kier alpha value is -0.970. The van der Waals surface area contributed by atoms with Gasteiger partial charge in [-0.2, -0.15) is 0 Å². The van der Waals surface area contributed by atoms with Crippen LogP contribution in [0, 0.1) is 5.41 Å². The van der Waals surface area contributed by atoms with Gasteiger partial charge in [-0.15, -0.1) is 0 Å². The Morgan fingerprint density at radius 2 is 2.09 bits per heavy atom. The van der Waals surface area contributed by atoms with Gasteiger partial charge in [-0.25, -0.2) is 0 Å². The minimum absolute atomic E-state index is 0.508. The quantitative estimate of drug-likeness (QED) is 0.835. The van der Waals surface area contributed by atoms with E-state index in [2.05, 4.69) is 40.8 Å². The minimum Gasteiger partial charge on any atom is -0.383 e. The highest BCUT2D eigenvalue weighted by molar-refractivity contribution is 5.05. The molecule has 1 spiro atoms. The van der Waals surface area contributed by atoms with Gasteiger partial charge in [0, 0.05) is 38.5 Å². The van der Waals surface area contributed by atoms with E-state index < -0.39 is 0 Å². The van der Waals surface area contributed by atoms with Gasteiger partial charge in [0.15, 0.2) is 0 Å². The van der Waals surface area contributed by atoms with Crippen LogP contribution in [0.2, 0.25) is 0 Å². The molecule has 0 aliphatic carbocycles. The maximum atomic E-state index is 5.48. The van der Waals surface area contributed by atoms with Crippen molar-refractivity contribution in [2.45, 2.75) is 51.7 Å². The van der Waals surface area contributed by atoms with Gasteiger partial charge in [0.2, 0.25) is 0 Å². The molecular weight excluding hydrogens is 286 g/mol. The van der Waals surface area contributed by atoms with Gasteiger partial charge < -0.3 is 4.74 Å². The van der Waals surface area contributed by atoms with Gasteiger partial charge in [-0.05, 0) is 63.7 Å². The fraction of sp³-hybridized carbons (Fsp3) is 0.737. The number of rotatable bonds is 5. The van der Waals surface area contributed by atoms with Gasteiger partial charge in [-0.1, -0.05) is 6.07 Å². The molecule has 3 heterocycles. The monoisotopic (exact) mass is 317 g/mol. The molecule has 0 saturated carbocycles. The second kappa shape index (κ2) is 7.29. The number of ether oxygens (including phenoxy) is 1. The molecule has 1 atom stereocenters. The largest absolute Gasteiger partial charge is 0.383 e. The molecule has 0 aromatic carbocycles. The Morgan fingerprint density at radius 1 is 1.30 bits per heavy atom. The Labute approximate surface area is 140 Å². The molecule has 2 aliphatic rings. The van der Waals surface area contributed by atoms with E-state index >= 15 is 0 Å². The molecule has 1 aromatic rings. The van der Waals surface area contributed by atoms with Gasteiger partial charge in [0.1, 0.15) is 0 Å². The fourth-order valence-electron chi connectivity index (χ4n) is 4.42. The number of hydrogen-bond donors (Lipinski definition) is 0. The molecule has 1 aromatic heterocycles. The lowest BCUT2D eigenvalue weighted by Gasteiger charge is -2.39. The molecular formula is C19H31N3O. The van der Waals surface area contributed by atoms with Crippen molar-refractivity contribution in [1.29, 1.82) is 0 Å². The van der Waals surface area contributed by atoms with E-state index in [1.807, 2.05) is 19.4 Å². The number of hydrogen-bond acceptors (Lipinski definition) is 4. The van der Waals surface area contributed by atoms with Crippen molar-refractivity contribution in [3.8, 4) is 0 Å². The topological polar surface area (TPSA) is 28.6 Å². The summed E-state index contributed by atoms with van der Waals surface area (Å²) < 4.78 is 5.48. The fourth-order valence-corrected chi connectivity index (χ4v) is 4.42. The van der Waals surface area contributed by atoms with Crippen LogP contribution in [-0.2, 0) is 11.3 Å². The van der Waals surface area contributed by atoms with E-state index in [-0.39, 0.29) is 0 Å². The number of nitrogens with zero attached hydrogens (tertiary/aromatic N) is 3. The summed E-state index contributed by atoms with van der Waals surface area (Å²) in [4.78, 5) is 9.70. The van der Waals surface area contributed by atoms with Crippen molar-refractivity contribution in [3.05, 3.63) is 30.1 Å². The van der Waals surface area contributed by atoms with E-state index in [4.69, 9.17) is 4.74 Å². The predicted molar refractivity (Wildman–Crippen MR) is 93.3 cm³/mol. The van der Waals surface area contributed by atoms with Crippen LogP contribution in [0.3, 0.4) is 0 Å². The van der Waals surface area contributed by atoms with Crippen LogP contribution in [0.5, 0.6) is 0 Å². The zero-order valence-electron chi connectivity index (χ0n) is 14.9. The first-order valence-electron chi connectivity index (χ1n) is 8.99. The van der Waals surface area contributed by atoms with Crippen molar-refractivity contribution in [1.82, 2.24) is 14.8 Å². The maximum absolute atomic E-state index is 5.48. The van der Waals surface area contributed by atoms with Crippen LogP contribution in [0.25, 0.3) is 0 Å². The van der Waals surface area contributed by atoms with Crippen LogP contribution in [0.1, 0.15) is 38.8 Å². The first-order chi connectivity index (χ1) is 11.1.